The molecule has 5 heteroatoms. The first-order valence-corrected chi connectivity index (χ1v) is 6.96. The van der Waals surface area contributed by atoms with Crippen molar-refractivity contribution in [1.82, 2.24) is 14.7 Å². The fourth-order valence-electron chi connectivity index (χ4n) is 2.87. The lowest BCUT2D eigenvalue weighted by molar-refractivity contribution is -0.130. The van der Waals surface area contributed by atoms with Crippen molar-refractivity contribution >= 4 is 5.91 Å². The average Bonchev–Trinajstić information content (AvgIpc) is 3.10. The van der Waals surface area contributed by atoms with E-state index in [4.69, 9.17) is 4.42 Å². The van der Waals surface area contributed by atoms with Crippen LogP contribution in [0.15, 0.2) is 22.8 Å². The number of aromatic nitrogens is 2. The predicted molar refractivity (Wildman–Crippen MR) is 73.9 cm³/mol. The van der Waals surface area contributed by atoms with Gasteiger partial charge in [0.05, 0.1) is 25.0 Å². The second-order valence-electron chi connectivity index (χ2n) is 5.30. The number of hydrogen-bond donors (Lipinski definition) is 0. The minimum Gasteiger partial charge on any atom is -0.467 e. The molecule has 0 aromatic carbocycles. The third-order valence-corrected chi connectivity index (χ3v) is 3.91. The Morgan fingerprint density at radius 2 is 2.30 bits per heavy atom. The number of hydrogen-bond acceptors (Lipinski definition) is 3. The van der Waals surface area contributed by atoms with Gasteiger partial charge in [0.25, 0.3) is 0 Å². The highest BCUT2D eigenvalue weighted by Gasteiger charge is 2.23. The van der Waals surface area contributed by atoms with Crippen LogP contribution in [0.5, 0.6) is 0 Å². The Balaban J connectivity index is 1.80. The summed E-state index contributed by atoms with van der Waals surface area (Å²) in [5.74, 6) is 0.839. The number of carbonyl (C=O) groups excluding carboxylic acids is 1. The SMILES string of the molecule is CC(=O)N(Cc1ccco1)Cc1nn(C)c2c1CCC2. The lowest BCUT2D eigenvalue weighted by Crippen LogP contribution is -2.28. The highest BCUT2D eigenvalue weighted by atomic mass is 16.3. The second-order valence-corrected chi connectivity index (χ2v) is 5.30. The molecule has 0 radical (unpaired) electrons. The van der Waals surface area contributed by atoms with E-state index in [1.54, 1.807) is 18.1 Å². The molecule has 0 unspecified atom stereocenters. The van der Waals surface area contributed by atoms with Gasteiger partial charge in [-0.3, -0.25) is 9.48 Å². The Labute approximate surface area is 118 Å². The molecule has 0 aliphatic heterocycles. The first-order chi connectivity index (χ1) is 9.65. The Kier molecular flexibility index (Phi) is 3.34. The van der Waals surface area contributed by atoms with Crippen LogP contribution >= 0.6 is 0 Å². The molecule has 0 bridgehead atoms. The summed E-state index contributed by atoms with van der Waals surface area (Å²) in [6, 6.07) is 3.73. The summed E-state index contributed by atoms with van der Waals surface area (Å²) in [7, 11) is 1.98. The molecule has 0 spiro atoms. The van der Waals surface area contributed by atoms with Crippen LogP contribution in [-0.2, 0) is 37.8 Å². The summed E-state index contributed by atoms with van der Waals surface area (Å²) in [5, 5.41) is 4.58. The Morgan fingerprint density at radius 1 is 1.45 bits per heavy atom. The van der Waals surface area contributed by atoms with Crippen molar-refractivity contribution in [2.75, 3.05) is 0 Å². The summed E-state index contributed by atoms with van der Waals surface area (Å²) in [6.45, 7) is 2.64. The summed E-state index contributed by atoms with van der Waals surface area (Å²) in [5.41, 5.74) is 3.68. The molecule has 1 amide bonds. The number of aryl methyl sites for hydroxylation is 1. The number of carbonyl (C=O) groups is 1. The van der Waals surface area contributed by atoms with Crippen molar-refractivity contribution in [1.29, 1.82) is 0 Å². The van der Waals surface area contributed by atoms with E-state index in [-0.39, 0.29) is 5.91 Å². The van der Waals surface area contributed by atoms with E-state index in [2.05, 4.69) is 5.10 Å². The maximum Gasteiger partial charge on any atom is 0.220 e. The molecule has 3 rings (SSSR count). The number of nitrogens with zero attached hydrogens (tertiary/aromatic N) is 3. The van der Waals surface area contributed by atoms with E-state index in [0.29, 0.717) is 13.1 Å². The lowest BCUT2D eigenvalue weighted by Gasteiger charge is -2.19. The normalized spacial score (nSPS) is 13.5. The largest absolute Gasteiger partial charge is 0.467 e. The van der Waals surface area contributed by atoms with E-state index < -0.39 is 0 Å². The topological polar surface area (TPSA) is 51.3 Å². The van der Waals surface area contributed by atoms with Crippen molar-refractivity contribution in [2.45, 2.75) is 39.3 Å². The van der Waals surface area contributed by atoms with Crippen LogP contribution in [-0.4, -0.2) is 20.6 Å². The zero-order valence-corrected chi connectivity index (χ0v) is 11.9. The Bertz CT molecular complexity index is 613. The van der Waals surface area contributed by atoms with E-state index in [0.717, 1.165) is 24.3 Å². The molecule has 0 fully saturated rings. The quantitative estimate of drug-likeness (QED) is 0.856. The molecular formula is C15H19N3O2. The van der Waals surface area contributed by atoms with Gasteiger partial charge in [-0.15, -0.1) is 0 Å². The molecule has 0 atom stereocenters. The maximum absolute atomic E-state index is 11.8. The summed E-state index contributed by atoms with van der Waals surface area (Å²) >= 11 is 0. The van der Waals surface area contributed by atoms with Gasteiger partial charge in [0.2, 0.25) is 5.91 Å². The predicted octanol–water partition coefficient (Wildman–Crippen LogP) is 2.05. The molecule has 1 aliphatic rings. The van der Waals surface area contributed by atoms with E-state index in [9.17, 15) is 4.79 Å². The molecule has 2 aromatic rings. The van der Waals surface area contributed by atoms with E-state index in [1.807, 2.05) is 23.9 Å². The smallest absolute Gasteiger partial charge is 0.220 e. The van der Waals surface area contributed by atoms with Gasteiger partial charge in [-0.2, -0.15) is 5.10 Å². The van der Waals surface area contributed by atoms with Gasteiger partial charge in [0.1, 0.15) is 5.76 Å². The van der Waals surface area contributed by atoms with Gasteiger partial charge in [-0.25, -0.2) is 0 Å². The van der Waals surface area contributed by atoms with Crippen LogP contribution in [0.4, 0.5) is 0 Å². The van der Waals surface area contributed by atoms with Gasteiger partial charge in [0, 0.05) is 19.7 Å². The number of rotatable bonds is 4. The Hall–Kier alpha value is -2.04. The number of fused-ring (bicyclic) bond motifs is 1. The summed E-state index contributed by atoms with van der Waals surface area (Å²) < 4.78 is 7.29. The molecule has 2 aromatic heterocycles. The molecule has 106 valence electrons. The van der Waals surface area contributed by atoms with Gasteiger partial charge >= 0.3 is 0 Å². The molecular weight excluding hydrogens is 254 g/mol. The van der Waals surface area contributed by atoms with E-state index >= 15 is 0 Å². The van der Waals surface area contributed by atoms with Gasteiger partial charge in [0.15, 0.2) is 0 Å². The van der Waals surface area contributed by atoms with Crippen molar-refractivity contribution in [3.05, 3.63) is 41.1 Å². The minimum atomic E-state index is 0.0406. The van der Waals surface area contributed by atoms with Crippen molar-refractivity contribution < 1.29 is 9.21 Å². The highest BCUT2D eigenvalue weighted by Crippen LogP contribution is 2.25. The van der Waals surface area contributed by atoms with Gasteiger partial charge in [-0.05, 0) is 37.0 Å². The third kappa shape index (κ3) is 2.35. The fraction of sp³-hybridized carbons (Fsp3) is 0.467. The Morgan fingerprint density at radius 3 is 3.00 bits per heavy atom. The first kappa shape index (κ1) is 13.0. The number of amides is 1. The fourth-order valence-corrected chi connectivity index (χ4v) is 2.87. The zero-order valence-electron chi connectivity index (χ0n) is 11.9. The standard InChI is InChI=1S/C15H19N3O2/c1-11(19)18(9-12-5-4-8-20-12)10-14-13-6-3-7-15(13)17(2)16-14/h4-5,8H,3,6-7,9-10H2,1-2H3. The third-order valence-electron chi connectivity index (χ3n) is 3.91. The van der Waals surface area contributed by atoms with Crippen LogP contribution in [0.25, 0.3) is 0 Å². The number of furan rings is 1. The van der Waals surface area contributed by atoms with Crippen LogP contribution in [0, 0.1) is 0 Å². The molecule has 20 heavy (non-hydrogen) atoms. The molecule has 0 N–H and O–H groups in total. The van der Waals surface area contributed by atoms with Crippen molar-refractivity contribution in [3.63, 3.8) is 0 Å². The van der Waals surface area contributed by atoms with Crippen molar-refractivity contribution in [3.8, 4) is 0 Å². The molecule has 5 nitrogen and oxygen atoms in total. The monoisotopic (exact) mass is 273 g/mol. The zero-order chi connectivity index (χ0) is 14.1. The minimum absolute atomic E-state index is 0.0406. The molecule has 2 heterocycles. The molecule has 0 saturated carbocycles. The maximum atomic E-state index is 11.8. The lowest BCUT2D eigenvalue weighted by atomic mass is 10.2. The average molecular weight is 273 g/mol. The molecule has 1 aliphatic carbocycles. The van der Waals surface area contributed by atoms with Crippen LogP contribution < -0.4 is 0 Å². The van der Waals surface area contributed by atoms with E-state index in [1.165, 1.54) is 17.7 Å². The second kappa shape index (κ2) is 5.15. The molecule has 0 saturated heterocycles. The van der Waals surface area contributed by atoms with Crippen LogP contribution in [0.3, 0.4) is 0 Å². The van der Waals surface area contributed by atoms with Crippen LogP contribution in [0.1, 0.15) is 36.1 Å². The highest BCUT2D eigenvalue weighted by molar-refractivity contribution is 5.73. The van der Waals surface area contributed by atoms with Crippen LogP contribution in [0.2, 0.25) is 0 Å². The summed E-state index contributed by atoms with van der Waals surface area (Å²) in [6.07, 6.45) is 4.99. The van der Waals surface area contributed by atoms with Gasteiger partial charge in [-0.1, -0.05) is 0 Å². The van der Waals surface area contributed by atoms with Crippen molar-refractivity contribution in [2.24, 2.45) is 7.05 Å². The first-order valence-electron chi connectivity index (χ1n) is 6.96. The van der Waals surface area contributed by atoms with Gasteiger partial charge < -0.3 is 9.32 Å². The summed E-state index contributed by atoms with van der Waals surface area (Å²) in [4.78, 5) is 13.6.